The summed E-state index contributed by atoms with van der Waals surface area (Å²) in [4.78, 5) is 12.0. The van der Waals surface area contributed by atoms with Crippen LogP contribution in [0.4, 0.5) is 0 Å². The molecule has 0 atom stereocenters. The van der Waals surface area contributed by atoms with Crippen LogP contribution in [0.1, 0.15) is 43.6 Å². The first-order valence-corrected chi connectivity index (χ1v) is 6.64. The molecule has 0 aliphatic heterocycles. The van der Waals surface area contributed by atoms with Crippen molar-refractivity contribution in [2.75, 3.05) is 6.54 Å². The van der Waals surface area contributed by atoms with Crippen LogP contribution in [-0.4, -0.2) is 23.5 Å². The van der Waals surface area contributed by atoms with Crippen molar-refractivity contribution >= 4 is 11.7 Å². The molecule has 5 nitrogen and oxygen atoms in total. The topological polar surface area (TPSA) is 87.7 Å². The molecule has 0 spiro atoms. The zero-order valence-corrected chi connectivity index (χ0v) is 12.5. The second kappa shape index (κ2) is 6.41. The molecule has 0 unspecified atom stereocenters. The maximum Gasteiger partial charge on any atom is 0.251 e. The molecule has 5 heteroatoms. The highest BCUT2D eigenvalue weighted by atomic mass is 16.4. The molecule has 1 rings (SSSR count). The molecular formula is C15H23N3O2. The zero-order valence-electron chi connectivity index (χ0n) is 12.5. The first-order valence-electron chi connectivity index (χ1n) is 6.64. The standard InChI is InChI=1S/C15H23N3O2/c1-10(2)15(3,4)9-17-14(19)12-7-5-11(6-8-12)13(16)18-20/h5-8,10,20H,9H2,1-4H3,(H2,16,18)(H,17,19). The first-order chi connectivity index (χ1) is 9.27. The molecule has 20 heavy (non-hydrogen) atoms. The molecule has 0 saturated heterocycles. The van der Waals surface area contributed by atoms with E-state index in [1.54, 1.807) is 24.3 Å². The molecule has 110 valence electrons. The van der Waals surface area contributed by atoms with E-state index in [0.29, 0.717) is 23.6 Å². The third-order valence-electron chi connectivity index (χ3n) is 3.82. The van der Waals surface area contributed by atoms with Crippen LogP contribution in [0.25, 0.3) is 0 Å². The van der Waals surface area contributed by atoms with Gasteiger partial charge in [-0.1, -0.05) is 45.0 Å². The first kappa shape index (κ1) is 16.0. The van der Waals surface area contributed by atoms with Gasteiger partial charge in [-0.25, -0.2) is 0 Å². The monoisotopic (exact) mass is 277 g/mol. The summed E-state index contributed by atoms with van der Waals surface area (Å²) in [6.07, 6.45) is 0. The van der Waals surface area contributed by atoms with Gasteiger partial charge in [-0.3, -0.25) is 4.79 Å². The number of nitrogens with two attached hydrogens (primary N) is 1. The van der Waals surface area contributed by atoms with Gasteiger partial charge < -0.3 is 16.3 Å². The van der Waals surface area contributed by atoms with Crippen LogP contribution in [0.15, 0.2) is 29.4 Å². The quantitative estimate of drug-likeness (QED) is 0.334. The van der Waals surface area contributed by atoms with E-state index in [4.69, 9.17) is 10.9 Å². The number of rotatable bonds is 5. The number of nitrogens with zero attached hydrogens (tertiary/aromatic N) is 1. The predicted molar refractivity (Wildman–Crippen MR) is 79.9 cm³/mol. The molecule has 0 aliphatic rings. The summed E-state index contributed by atoms with van der Waals surface area (Å²) < 4.78 is 0. The van der Waals surface area contributed by atoms with Crippen LogP contribution in [0.3, 0.4) is 0 Å². The number of amidine groups is 1. The Balaban J connectivity index is 2.70. The Hall–Kier alpha value is -2.04. The fourth-order valence-corrected chi connectivity index (χ4v) is 1.46. The fraction of sp³-hybridized carbons (Fsp3) is 0.467. The Kier molecular flexibility index (Phi) is 5.13. The van der Waals surface area contributed by atoms with Crippen LogP contribution in [0.2, 0.25) is 0 Å². The minimum Gasteiger partial charge on any atom is -0.409 e. The van der Waals surface area contributed by atoms with Crippen molar-refractivity contribution in [2.45, 2.75) is 27.7 Å². The SMILES string of the molecule is CC(C)C(C)(C)CNC(=O)c1ccc(/C(N)=N/O)cc1. The maximum absolute atomic E-state index is 12.0. The van der Waals surface area contributed by atoms with Gasteiger partial charge in [0.05, 0.1) is 0 Å². The van der Waals surface area contributed by atoms with Crippen LogP contribution < -0.4 is 11.1 Å². The Labute approximate surface area is 119 Å². The molecule has 1 amide bonds. The van der Waals surface area contributed by atoms with E-state index < -0.39 is 0 Å². The number of amides is 1. The van der Waals surface area contributed by atoms with E-state index in [1.165, 1.54) is 0 Å². The summed E-state index contributed by atoms with van der Waals surface area (Å²) in [6, 6.07) is 6.62. The average Bonchev–Trinajstić information content (AvgIpc) is 2.44. The molecule has 1 aromatic rings. The summed E-state index contributed by atoms with van der Waals surface area (Å²) >= 11 is 0. The van der Waals surface area contributed by atoms with E-state index in [1.807, 2.05) is 0 Å². The van der Waals surface area contributed by atoms with E-state index in [2.05, 4.69) is 38.2 Å². The predicted octanol–water partition coefficient (Wildman–Crippen LogP) is 2.19. The lowest BCUT2D eigenvalue weighted by molar-refractivity contribution is 0.0925. The van der Waals surface area contributed by atoms with Crippen LogP contribution >= 0.6 is 0 Å². The molecule has 0 saturated carbocycles. The fourth-order valence-electron chi connectivity index (χ4n) is 1.46. The van der Waals surface area contributed by atoms with Gasteiger partial charge in [0.1, 0.15) is 0 Å². The van der Waals surface area contributed by atoms with Gasteiger partial charge >= 0.3 is 0 Å². The lowest BCUT2D eigenvalue weighted by Gasteiger charge is -2.29. The summed E-state index contributed by atoms with van der Waals surface area (Å²) in [7, 11) is 0. The average molecular weight is 277 g/mol. The van der Waals surface area contributed by atoms with E-state index in [-0.39, 0.29) is 17.2 Å². The van der Waals surface area contributed by atoms with Gasteiger partial charge in [-0.05, 0) is 23.5 Å². The number of hydrogen-bond acceptors (Lipinski definition) is 3. The highest BCUT2D eigenvalue weighted by Gasteiger charge is 2.23. The molecule has 0 aliphatic carbocycles. The van der Waals surface area contributed by atoms with Crippen LogP contribution in [0.5, 0.6) is 0 Å². The van der Waals surface area contributed by atoms with Crippen LogP contribution in [0, 0.1) is 11.3 Å². The summed E-state index contributed by atoms with van der Waals surface area (Å²) in [5.74, 6) is 0.383. The van der Waals surface area contributed by atoms with Gasteiger partial charge in [0, 0.05) is 17.7 Å². The molecule has 1 aromatic carbocycles. The largest absolute Gasteiger partial charge is 0.409 e. The van der Waals surface area contributed by atoms with Gasteiger partial charge in [0.25, 0.3) is 5.91 Å². The van der Waals surface area contributed by atoms with Gasteiger partial charge in [-0.15, -0.1) is 0 Å². The van der Waals surface area contributed by atoms with Crippen molar-refractivity contribution in [3.63, 3.8) is 0 Å². The molecule has 0 bridgehead atoms. The van der Waals surface area contributed by atoms with Crippen LogP contribution in [-0.2, 0) is 0 Å². The zero-order chi connectivity index (χ0) is 15.3. The van der Waals surface area contributed by atoms with Crippen molar-refractivity contribution in [3.05, 3.63) is 35.4 Å². The lowest BCUT2D eigenvalue weighted by Crippen LogP contribution is -2.36. The number of carbonyl (C=O) groups excluding carboxylic acids is 1. The second-order valence-electron chi connectivity index (χ2n) is 5.89. The van der Waals surface area contributed by atoms with Crippen molar-refractivity contribution < 1.29 is 10.0 Å². The number of benzene rings is 1. The smallest absolute Gasteiger partial charge is 0.251 e. The molecular weight excluding hydrogens is 254 g/mol. The molecule has 0 heterocycles. The summed E-state index contributed by atoms with van der Waals surface area (Å²) in [6.45, 7) is 9.14. The van der Waals surface area contributed by atoms with Crippen molar-refractivity contribution in [2.24, 2.45) is 22.2 Å². The third kappa shape index (κ3) is 3.98. The summed E-state index contributed by atoms with van der Waals surface area (Å²) in [5.41, 5.74) is 6.64. The van der Waals surface area contributed by atoms with Crippen molar-refractivity contribution in [1.82, 2.24) is 5.32 Å². The van der Waals surface area contributed by atoms with Crippen molar-refractivity contribution in [3.8, 4) is 0 Å². The minimum atomic E-state index is -0.121. The highest BCUT2D eigenvalue weighted by molar-refractivity contribution is 5.99. The van der Waals surface area contributed by atoms with Crippen molar-refractivity contribution in [1.29, 1.82) is 0 Å². The van der Waals surface area contributed by atoms with E-state index in [0.717, 1.165) is 0 Å². The second-order valence-corrected chi connectivity index (χ2v) is 5.89. The number of oxime groups is 1. The number of nitrogens with one attached hydrogen (secondary N) is 1. The Morgan fingerprint density at radius 1 is 1.30 bits per heavy atom. The summed E-state index contributed by atoms with van der Waals surface area (Å²) in [5, 5.41) is 14.4. The lowest BCUT2D eigenvalue weighted by atomic mass is 9.81. The van der Waals surface area contributed by atoms with Gasteiger partial charge in [-0.2, -0.15) is 0 Å². The Morgan fingerprint density at radius 2 is 1.80 bits per heavy atom. The maximum atomic E-state index is 12.0. The highest BCUT2D eigenvalue weighted by Crippen LogP contribution is 2.24. The Morgan fingerprint density at radius 3 is 2.25 bits per heavy atom. The van der Waals surface area contributed by atoms with Gasteiger partial charge in [0.15, 0.2) is 5.84 Å². The van der Waals surface area contributed by atoms with E-state index in [9.17, 15) is 4.79 Å². The van der Waals surface area contributed by atoms with Gasteiger partial charge in [0.2, 0.25) is 0 Å². The molecule has 0 radical (unpaired) electrons. The minimum absolute atomic E-state index is 0.0258. The molecule has 0 aromatic heterocycles. The third-order valence-corrected chi connectivity index (χ3v) is 3.82. The molecule has 0 fully saturated rings. The molecule has 4 N–H and O–H groups in total. The Bertz CT molecular complexity index is 490. The number of carbonyl (C=O) groups is 1. The normalized spacial score (nSPS) is 12.6. The van der Waals surface area contributed by atoms with E-state index >= 15 is 0 Å². The number of hydrogen-bond donors (Lipinski definition) is 3.